The Morgan fingerprint density at radius 2 is 2.19 bits per heavy atom. The van der Waals surface area contributed by atoms with Gasteiger partial charge in [0, 0.05) is 20.9 Å². The summed E-state index contributed by atoms with van der Waals surface area (Å²) < 4.78 is 6.47. The molecule has 1 saturated carbocycles. The summed E-state index contributed by atoms with van der Waals surface area (Å²) in [4.78, 5) is 0. The van der Waals surface area contributed by atoms with Gasteiger partial charge in [0.15, 0.2) is 0 Å². The summed E-state index contributed by atoms with van der Waals surface area (Å²) in [6.07, 6.45) is 4.98. The van der Waals surface area contributed by atoms with E-state index < -0.39 is 0 Å². The summed E-state index contributed by atoms with van der Waals surface area (Å²) in [6.45, 7) is 6.15. The van der Waals surface area contributed by atoms with Gasteiger partial charge in [-0.2, -0.15) is 0 Å². The molecule has 0 aromatic carbocycles. The topological polar surface area (TPSA) is 45.1 Å². The van der Waals surface area contributed by atoms with Crippen LogP contribution in [0.25, 0.3) is 0 Å². The van der Waals surface area contributed by atoms with Gasteiger partial charge in [0.05, 0.1) is 22.1 Å². The van der Waals surface area contributed by atoms with Crippen molar-refractivity contribution in [3.63, 3.8) is 0 Å². The molecule has 1 rings (SSSR count). The highest BCUT2D eigenvalue weighted by Gasteiger charge is 2.27. The van der Waals surface area contributed by atoms with Gasteiger partial charge in [-0.25, -0.2) is 0 Å². The standard InChI is InChI=1S/C11H20BrN2OP/c1-11(2,3)15-16-7-14-6-9(12)10(13)8-4-5-8/h6,8,13-14,16H,4-5,7H2,1-3H3/b9-6+,13-10?. The second-order valence-corrected chi connectivity index (χ2v) is 6.62. The smallest absolute Gasteiger partial charge is 0.0638 e. The molecular weight excluding hydrogens is 287 g/mol. The minimum absolute atomic E-state index is 0.0677. The van der Waals surface area contributed by atoms with E-state index in [1.807, 2.05) is 6.20 Å². The summed E-state index contributed by atoms with van der Waals surface area (Å²) in [5.41, 5.74) is 0.648. The third-order valence-electron chi connectivity index (χ3n) is 2.02. The van der Waals surface area contributed by atoms with Crippen LogP contribution >= 0.6 is 24.7 Å². The first-order valence-corrected chi connectivity index (χ1v) is 7.40. The summed E-state index contributed by atoms with van der Waals surface area (Å²) in [6, 6.07) is 0. The Kier molecular flexibility index (Phi) is 5.42. The number of hydrogen-bond acceptors (Lipinski definition) is 3. The Morgan fingerprint density at radius 3 is 2.69 bits per heavy atom. The highest BCUT2D eigenvalue weighted by molar-refractivity contribution is 9.12. The van der Waals surface area contributed by atoms with Crippen molar-refractivity contribution in [2.45, 2.75) is 39.2 Å². The Balaban J connectivity index is 2.13. The zero-order chi connectivity index (χ0) is 12.2. The first-order chi connectivity index (χ1) is 7.40. The first kappa shape index (κ1) is 14.1. The molecule has 0 saturated heterocycles. The summed E-state index contributed by atoms with van der Waals surface area (Å²) in [7, 11) is 0.440. The van der Waals surface area contributed by atoms with Crippen molar-refractivity contribution in [2.75, 3.05) is 6.29 Å². The van der Waals surface area contributed by atoms with Crippen LogP contribution in [0.3, 0.4) is 0 Å². The molecule has 5 heteroatoms. The maximum Gasteiger partial charge on any atom is 0.0638 e. The maximum atomic E-state index is 7.81. The number of hydrogen-bond donors (Lipinski definition) is 2. The fourth-order valence-electron chi connectivity index (χ4n) is 1.08. The van der Waals surface area contributed by atoms with Crippen LogP contribution in [0.5, 0.6) is 0 Å². The lowest BCUT2D eigenvalue weighted by atomic mass is 10.2. The largest absolute Gasteiger partial charge is 0.384 e. The van der Waals surface area contributed by atoms with Crippen LogP contribution in [0.4, 0.5) is 0 Å². The molecule has 3 nitrogen and oxygen atoms in total. The second kappa shape index (κ2) is 6.13. The molecule has 1 aliphatic rings. The molecule has 0 heterocycles. The summed E-state index contributed by atoms with van der Waals surface area (Å²) in [5, 5.41) is 11.0. The van der Waals surface area contributed by atoms with Crippen LogP contribution in [0.15, 0.2) is 10.7 Å². The number of nitrogens with one attached hydrogen (secondary N) is 2. The van der Waals surface area contributed by atoms with Gasteiger partial charge in [0.25, 0.3) is 0 Å². The SMILES string of the molecule is CC(C)(C)OPCN/C=C(/Br)C(=N)C1CC1. The van der Waals surface area contributed by atoms with E-state index in [-0.39, 0.29) is 5.60 Å². The monoisotopic (exact) mass is 306 g/mol. The highest BCUT2D eigenvalue weighted by Crippen LogP contribution is 2.33. The molecule has 0 aliphatic heterocycles. The lowest BCUT2D eigenvalue weighted by molar-refractivity contribution is 0.156. The molecule has 0 spiro atoms. The number of rotatable bonds is 6. The van der Waals surface area contributed by atoms with E-state index in [9.17, 15) is 0 Å². The van der Waals surface area contributed by atoms with Gasteiger partial charge in [-0.1, -0.05) is 0 Å². The van der Waals surface area contributed by atoms with Crippen molar-refractivity contribution in [1.82, 2.24) is 5.32 Å². The van der Waals surface area contributed by atoms with Crippen molar-refractivity contribution in [1.29, 1.82) is 5.41 Å². The van der Waals surface area contributed by atoms with Crippen molar-refractivity contribution in [2.24, 2.45) is 5.92 Å². The molecule has 92 valence electrons. The van der Waals surface area contributed by atoms with Crippen LogP contribution in [-0.4, -0.2) is 17.6 Å². The molecule has 2 N–H and O–H groups in total. The van der Waals surface area contributed by atoms with Gasteiger partial charge in [0.2, 0.25) is 0 Å². The van der Waals surface area contributed by atoms with Gasteiger partial charge < -0.3 is 15.2 Å². The fourth-order valence-corrected chi connectivity index (χ4v) is 2.26. The summed E-state index contributed by atoms with van der Waals surface area (Å²) in [5.74, 6) is 0.487. The zero-order valence-electron chi connectivity index (χ0n) is 10.1. The predicted octanol–water partition coefficient (Wildman–Crippen LogP) is 3.61. The second-order valence-electron chi connectivity index (χ2n) is 4.92. The quantitative estimate of drug-likeness (QED) is 0.447. The molecule has 0 bridgehead atoms. The van der Waals surface area contributed by atoms with Crippen molar-refractivity contribution in [3.05, 3.63) is 10.7 Å². The van der Waals surface area contributed by atoms with Crippen molar-refractivity contribution < 1.29 is 4.52 Å². The third-order valence-corrected chi connectivity index (χ3v) is 3.79. The minimum Gasteiger partial charge on any atom is -0.384 e. The normalized spacial score (nSPS) is 18.1. The maximum absolute atomic E-state index is 7.81. The van der Waals surface area contributed by atoms with Crippen molar-refractivity contribution >= 4 is 30.4 Å². The minimum atomic E-state index is -0.0677. The number of halogens is 1. The van der Waals surface area contributed by atoms with Gasteiger partial charge >= 0.3 is 0 Å². The Labute approximate surface area is 108 Å². The summed E-state index contributed by atoms with van der Waals surface area (Å²) >= 11 is 3.41. The van der Waals surface area contributed by atoms with E-state index in [4.69, 9.17) is 9.93 Å². The van der Waals surface area contributed by atoms with E-state index in [2.05, 4.69) is 42.0 Å². The van der Waals surface area contributed by atoms with Gasteiger partial charge in [-0.3, -0.25) is 0 Å². The van der Waals surface area contributed by atoms with E-state index in [0.29, 0.717) is 20.4 Å². The average molecular weight is 307 g/mol. The van der Waals surface area contributed by atoms with Gasteiger partial charge in [0.1, 0.15) is 0 Å². The van der Waals surface area contributed by atoms with E-state index in [1.54, 1.807) is 0 Å². The average Bonchev–Trinajstić information content (AvgIpc) is 2.97. The van der Waals surface area contributed by atoms with E-state index in [1.165, 1.54) is 0 Å². The molecule has 0 aromatic heterocycles. The molecular formula is C11H20BrN2OP. The molecule has 16 heavy (non-hydrogen) atoms. The Bertz CT molecular complexity index is 282. The lowest BCUT2D eigenvalue weighted by Crippen LogP contribution is -2.16. The van der Waals surface area contributed by atoms with Crippen LogP contribution < -0.4 is 5.32 Å². The van der Waals surface area contributed by atoms with Crippen LogP contribution in [0.1, 0.15) is 33.6 Å². The zero-order valence-corrected chi connectivity index (χ0v) is 12.6. The van der Waals surface area contributed by atoms with Gasteiger partial charge in [-0.15, -0.1) is 0 Å². The number of allylic oxidation sites excluding steroid dienone is 1. The lowest BCUT2D eigenvalue weighted by Gasteiger charge is -2.18. The van der Waals surface area contributed by atoms with Crippen LogP contribution in [0.2, 0.25) is 0 Å². The Hall–Kier alpha value is 0.0800. The van der Waals surface area contributed by atoms with E-state index >= 15 is 0 Å². The van der Waals surface area contributed by atoms with Crippen molar-refractivity contribution in [3.8, 4) is 0 Å². The molecule has 1 aliphatic carbocycles. The van der Waals surface area contributed by atoms with Gasteiger partial charge in [-0.05, 0) is 49.5 Å². The molecule has 0 amide bonds. The van der Waals surface area contributed by atoms with E-state index in [0.717, 1.165) is 23.6 Å². The van der Waals surface area contributed by atoms with Crippen LogP contribution in [0, 0.1) is 11.3 Å². The molecule has 0 aromatic rings. The molecule has 1 fully saturated rings. The molecule has 0 radical (unpaired) electrons. The Morgan fingerprint density at radius 1 is 1.56 bits per heavy atom. The van der Waals surface area contributed by atoms with Crippen LogP contribution in [-0.2, 0) is 4.52 Å². The fraction of sp³-hybridized carbons (Fsp3) is 0.727. The molecule has 1 unspecified atom stereocenters. The molecule has 1 atom stereocenters. The first-order valence-electron chi connectivity index (χ1n) is 5.49. The predicted molar refractivity (Wildman–Crippen MR) is 74.6 cm³/mol. The highest BCUT2D eigenvalue weighted by atomic mass is 79.9. The third kappa shape index (κ3) is 5.97.